The van der Waals surface area contributed by atoms with Crippen molar-refractivity contribution in [3.63, 3.8) is 0 Å². The van der Waals surface area contributed by atoms with Crippen LogP contribution < -0.4 is 5.32 Å². The molecule has 2 aromatic rings. The van der Waals surface area contributed by atoms with E-state index in [-0.39, 0.29) is 17.4 Å². The molecule has 0 radical (unpaired) electrons. The van der Waals surface area contributed by atoms with Crippen LogP contribution in [-0.2, 0) is 11.2 Å². The fourth-order valence-electron chi connectivity index (χ4n) is 2.39. The molecule has 0 unspecified atom stereocenters. The average molecular weight is 315 g/mol. The van der Waals surface area contributed by atoms with Crippen molar-refractivity contribution in [1.82, 2.24) is 10.2 Å². The fourth-order valence-corrected chi connectivity index (χ4v) is 3.05. The van der Waals surface area contributed by atoms with Crippen LogP contribution >= 0.6 is 11.8 Å². The number of fused-ring (bicyclic) bond motifs is 1. The van der Waals surface area contributed by atoms with Gasteiger partial charge in [-0.1, -0.05) is 11.8 Å². The number of aromatic nitrogens is 2. The molecule has 1 fully saturated rings. The van der Waals surface area contributed by atoms with Crippen LogP contribution in [0.2, 0.25) is 0 Å². The summed E-state index contributed by atoms with van der Waals surface area (Å²) in [6, 6.07) is 5.28. The maximum absolute atomic E-state index is 12.2. The van der Waals surface area contributed by atoms with Gasteiger partial charge in [-0.2, -0.15) is 0 Å². The second kappa shape index (κ2) is 5.24. The third-order valence-corrected chi connectivity index (χ3v) is 4.55. The van der Waals surface area contributed by atoms with Gasteiger partial charge in [-0.15, -0.1) is 10.2 Å². The number of nitrogens with one attached hydrogen (secondary N) is 1. The molecule has 1 saturated carbocycles. The summed E-state index contributed by atoms with van der Waals surface area (Å²) in [7, 11) is 0. The van der Waals surface area contributed by atoms with Gasteiger partial charge in [0.2, 0.25) is 11.8 Å². The third-order valence-electron chi connectivity index (χ3n) is 3.73. The largest absolute Gasteiger partial charge is 0.416 e. The van der Waals surface area contributed by atoms with E-state index in [1.807, 2.05) is 0 Å². The molecular formula is C15H13N3O3S. The molecule has 4 rings (SSSR count). The minimum absolute atomic E-state index is 0.0154. The highest BCUT2D eigenvalue weighted by molar-refractivity contribution is 7.99. The number of ketones is 1. The molecule has 0 bridgehead atoms. The maximum Gasteiger partial charge on any atom is 0.277 e. The van der Waals surface area contributed by atoms with Crippen molar-refractivity contribution >= 4 is 29.1 Å². The topological polar surface area (TPSA) is 85.1 Å². The van der Waals surface area contributed by atoms with Crippen molar-refractivity contribution in [2.75, 3.05) is 11.1 Å². The standard InChI is InChI=1S/C15H13N3O3S/c19-12(7-22-15-18-17-14(21-15)8-1-2-8)9-3-4-11-10(5-9)6-13(20)16-11/h3-5,8H,1-2,6-7H2,(H,16,20). The Balaban J connectivity index is 1.41. The Bertz CT molecular complexity index is 767. The van der Waals surface area contributed by atoms with Crippen molar-refractivity contribution in [1.29, 1.82) is 0 Å². The molecule has 22 heavy (non-hydrogen) atoms. The molecule has 2 aliphatic rings. The molecule has 1 amide bonds. The average Bonchev–Trinajstić information content (AvgIpc) is 3.13. The summed E-state index contributed by atoms with van der Waals surface area (Å²) in [5.41, 5.74) is 2.26. The van der Waals surface area contributed by atoms with Gasteiger partial charge in [0.1, 0.15) is 0 Å². The van der Waals surface area contributed by atoms with Gasteiger partial charge in [0.15, 0.2) is 5.78 Å². The van der Waals surface area contributed by atoms with Crippen LogP contribution in [0.15, 0.2) is 27.8 Å². The Morgan fingerprint density at radius 1 is 1.36 bits per heavy atom. The molecule has 1 aromatic heterocycles. The third kappa shape index (κ3) is 2.64. The van der Waals surface area contributed by atoms with Crippen LogP contribution in [0.3, 0.4) is 0 Å². The molecule has 1 aromatic carbocycles. The van der Waals surface area contributed by atoms with Crippen molar-refractivity contribution in [2.24, 2.45) is 0 Å². The number of carbonyl (C=O) groups is 2. The molecular weight excluding hydrogens is 302 g/mol. The van der Waals surface area contributed by atoms with Crippen molar-refractivity contribution in [3.8, 4) is 0 Å². The Morgan fingerprint density at radius 2 is 2.23 bits per heavy atom. The van der Waals surface area contributed by atoms with Gasteiger partial charge in [0.25, 0.3) is 5.22 Å². The number of rotatable bonds is 5. The Labute approximate surface area is 130 Å². The molecule has 1 aliphatic heterocycles. The van der Waals surface area contributed by atoms with E-state index < -0.39 is 0 Å². The lowest BCUT2D eigenvalue weighted by Crippen LogP contribution is -2.03. The molecule has 2 heterocycles. The molecule has 0 spiro atoms. The normalized spacial score (nSPS) is 16.5. The summed E-state index contributed by atoms with van der Waals surface area (Å²) < 4.78 is 5.52. The molecule has 112 valence electrons. The lowest BCUT2D eigenvalue weighted by Gasteiger charge is -2.02. The van der Waals surface area contributed by atoms with E-state index in [1.165, 1.54) is 11.8 Å². The molecule has 1 N–H and O–H groups in total. The van der Waals surface area contributed by atoms with E-state index >= 15 is 0 Å². The zero-order valence-electron chi connectivity index (χ0n) is 11.7. The van der Waals surface area contributed by atoms with Gasteiger partial charge >= 0.3 is 0 Å². The minimum atomic E-state index is -0.0348. The highest BCUT2D eigenvalue weighted by atomic mass is 32.2. The van der Waals surface area contributed by atoms with Gasteiger partial charge in [-0.05, 0) is 36.6 Å². The van der Waals surface area contributed by atoms with Crippen molar-refractivity contribution < 1.29 is 14.0 Å². The summed E-state index contributed by atoms with van der Waals surface area (Å²) in [6.45, 7) is 0. The number of anilines is 1. The van der Waals surface area contributed by atoms with Crippen LogP contribution in [0, 0.1) is 0 Å². The lowest BCUT2D eigenvalue weighted by atomic mass is 10.1. The second-order valence-electron chi connectivity index (χ2n) is 5.49. The Morgan fingerprint density at radius 3 is 3.05 bits per heavy atom. The number of hydrogen-bond acceptors (Lipinski definition) is 6. The van der Waals surface area contributed by atoms with E-state index in [2.05, 4.69) is 15.5 Å². The predicted molar refractivity (Wildman–Crippen MR) is 80.1 cm³/mol. The molecule has 0 atom stereocenters. The van der Waals surface area contributed by atoms with Crippen LogP contribution in [0.5, 0.6) is 0 Å². The quantitative estimate of drug-likeness (QED) is 0.673. The van der Waals surface area contributed by atoms with Crippen LogP contribution in [0.4, 0.5) is 5.69 Å². The van der Waals surface area contributed by atoms with E-state index in [0.29, 0.717) is 29.0 Å². The SMILES string of the molecule is O=C1Cc2cc(C(=O)CSc3nnc(C4CC4)o3)ccc2N1. The molecule has 7 heteroatoms. The fraction of sp³-hybridized carbons (Fsp3) is 0.333. The van der Waals surface area contributed by atoms with Crippen molar-refractivity contribution in [2.45, 2.75) is 30.4 Å². The first-order chi connectivity index (χ1) is 10.7. The number of amides is 1. The number of hydrogen-bond donors (Lipinski definition) is 1. The van der Waals surface area contributed by atoms with Crippen LogP contribution in [-0.4, -0.2) is 27.6 Å². The zero-order chi connectivity index (χ0) is 15.1. The van der Waals surface area contributed by atoms with Gasteiger partial charge < -0.3 is 9.73 Å². The van der Waals surface area contributed by atoms with Gasteiger partial charge in [-0.25, -0.2) is 0 Å². The first kappa shape index (κ1) is 13.5. The molecule has 1 aliphatic carbocycles. The number of nitrogens with zero attached hydrogens (tertiary/aromatic N) is 2. The maximum atomic E-state index is 12.2. The first-order valence-corrected chi connectivity index (χ1v) is 8.10. The monoisotopic (exact) mass is 315 g/mol. The Hall–Kier alpha value is -2.15. The summed E-state index contributed by atoms with van der Waals surface area (Å²) in [5.74, 6) is 1.29. The Kier molecular flexibility index (Phi) is 3.22. The van der Waals surface area contributed by atoms with E-state index in [9.17, 15) is 9.59 Å². The number of benzene rings is 1. The van der Waals surface area contributed by atoms with Crippen LogP contribution in [0.1, 0.15) is 40.6 Å². The summed E-state index contributed by atoms with van der Waals surface area (Å²) in [6.07, 6.45) is 2.54. The van der Waals surface area contributed by atoms with Crippen LogP contribution in [0.25, 0.3) is 0 Å². The van der Waals surface area contributed by atoms with Gasteiger partial charge in [-0.3, -0.25) is 9.59 Å². The van der Waals surface area contributed by atoms with E-state index in [4.69, 9.17) is 4.42 Å². The molecule has 0 saturated heterocycles. The molecule has 6 nitrogen and oxygen atoms in total. The lowest BCUT2D eigenvalue weighted by molar-refractivity contribution is -0.115. The minimum Gasteiger partial charge on any atom is -0.416 e. The highest BCUT2D eigenvalue weighted by Gasteiger charge is 2.29. The smallest absolute Gasteiger partial charge is 0.277 e. The second-order valence-corrected chi connectivity index (χ2v) is 6.42. The zero-order valence-corrected chi connectivity index (χ0v) is 12.5. The number of Topliss-reactive ketones (excluding diaryl/α,β-unsaturated/α-hetero) is 1. The van der Waals surface area contributed by atoms with E-state index in [1.54, 1.807) is 18.2 Å². The van der Waals surface area contributed by atoms with Crippen molar-refractivity contribution in [3.05, 3.63) is 35.2 Å². The predicted octanol–water partition coefficient (Wildman–Crippen LogP) is 2.42. The highest BCUT2D eigenvalue weighted by Crippen LogP contribution is 2.39. The summed E-state index contributed by atoms with van der Waals surface area (Å²) >= 11 is 1.25. The van der Waals surface area contributed by atoms with Gasteiger partial charge in [0, 0.05) is 17.2 Å². The summed E-state index contributed by atoms with van der Waals surface area (Å²) in [5, 5.41) is 11.1. The summed E-state index contributed by atoms with van der Waals surface area (Å²) in [4.78, 5) is 23.6. The van der Waals surface area contributed by atoms with Gasteiger partial charge in [0.05, 0.1) is 12.2 Å². The number of carbonyl (C=O) groups excluding carboxylic acids is 2. The number of thioether (sulfide) groups is 1. The van der Waals surface area contributed by atoms with E-state index in [0.717, 1.165) is 24.1 Å². The first-order valence-electron chi connectivity index (χ1n) is 7.11.